The van der Waals surface area contributed by atoms with E-state index >= 15 is 0 Å². The van der Waals surface area contributed by atoms with Crippen LogP contribution in [0.2, 0.25) is 0 Å². The summed E-state index contributed by atoms with van der Waals surface area (Å²) in [5.41, 5.74) is 3.67. The maximum absolute atomic E-state index is 7.86. The Morgan fingerprint density at radius 2 is 1.86 bits per heavy atom. The van der Waals surface area contributed by atoms with Gasteiger partial charge in [-0.15, -0.1) is 0 Å². The SMILES string of the molecule is Cc1c([OH2+])cc(C(C)(C)C)cc1CBr. The highest BCUT2D eigenvalue weighted by atomic mass is 79.9. The Hall–Kier alpha value is -0.500. The molecule has 0 atom stereocenters. The molecular weight excluding hydrogens is 240 g/mol. The number of hydrogen-bond donors (Lipinski definition) is 0. The zero-order valence-electron chi connectivity index (χ0n) is 9.24. The van der Waals surface area contributed by atoms with Gasteiger partial charge in [0.15, 0.2) is 0 Å². The molecule has 0 aromatic heterocycles. The molecule has 0 unspecified atom stereocenters. The van der Waals surface area contributed by atoms with Crippen molar-refractivity contribution in [3.8, 4) is 5.75 Å². The van der Waals surface area contributed by atoms with Gasteiger partial charge in [-0.25, -0.2) is 0 Å². The standard InChI is InChI=1S/C12H17BrO/c1-8-9(7-13)5-10(6-11(8)14)12(2,3)4/h5-6,14H,7H2,1-4H3/p+1. The van der Waals surface area contributed by atoms with E-state index in [0.717, 1.165) is 10.9 Å². The molecule has 78 valence electrons. The molecule has 2 N–H and O–H groups in total. The van der Waals surface area contributed by atoms with Crippen LogP contribution in [0.15, 0.2) is 12.1 Å². The highest BCUT2D eigenvalue weighted by Gasteiger charge is 2.18. The molecular formula is C12H18BrO+. The first-order valence-electron chi connectivity index (χ1n) is 4.78. The first-order valence-corrected chi connectivity index (χ1v) is 5.90. The third kappa shape index (κ3) is 2.30. The summed E-state index contributed by atoms with van der Waals surface area (Å²) < 4.78 is 0. The minimum Gasteiger partial charge on any atom is -0.593 e. The second-order valence-corrected chi connectivity index (χ2v) is 5.25. The van der Waals surface area contributed by atoms with E-state index < -0.39 is 0 Å². The van der Waals surface area contributed by atoms with E-state index in [1.807, 2.05) is 13.0 Å². The van der Waals surface area contributed by atoms with Crippen molar-refractivity contribution in [2.45, 2.75) is 38.4 Å². The van der Waals surface area contributed by atoms with Crippen LogP contribution in [-0.2, 0) is 10.7 Å². The van der Waals surface area contributed by atoms with Crippen LogP contribution in [0.25, 0.3) is 0 Å². The molecule has 0 radical (unpaired) electrons. The Kier molecular flexibility index (Phi) is 3.25. The number of rotatable bonds is 1. The molecule has 0 fully saturated rings. The molecule has 0 spiro atoms. The van der Waals surface area contributed by atoms with Gasteiger partial charge in [-0.2, -0.15) is 0 Å². The topological polar surface area (TPSA) is 22.9 Å². The van der Waals surface area contributed by atoms with Gasteiger partial charge in [0.05, 0.1) is 0 Å². The average Bonchev–Trinajstić information content (AvgIpc) is 2.07. The molecule has 0 bridgehead atoms. The molecule has 1 rings (SSSR count). The fourth-order valence-electron chi connectivity index (χ4n) is 1.35. The van der Waals surface area contributed by atoms with E-state index in [4.69, 9.17) is 5.11 Å². The van der Waals surface area contributed by atoms with Crippen LogP contribution in [0.1, 0.15) is 37.5 Å². The van der Waals surface area contributed by atoms with Gasteiger partial charge in [-0.1, -0.05) is 42.8 Å². The Labute approximate surface area is 94.3 Å². The van der Waals surface area contributed by atoms with Crippen LogP contribution < -0.4 is 0 Å². The monoisotopic (exact) mass is 257 g/mol. The van der Waals surface area contributed by atoms with Crippen LogP contribution in [0, 0.1) is 6.92 Å². The fourth-order valence-corrected chi connectivity index (χ4v) is 1.93. The van der Waals surface area contributed by atoms with Gasteiger partial charge in [0.2, 0.25) is 0 Å². The smallest absolute Gasteiger partial charge is 0.257 e. The minimum atomic E-state index is 0.125. The molecule has 1 nitrogen and oxygen atoms in total. The second kappa shape index (κ2) is 3.93. The van der Waals surface area contributed by atoms with Gasteiger partial charge in [0.1, 0.15) is 0 Å². The Balaban J connectivity index is 3.30. The molecule has 1 aromatic rings. The highest BCUT2D eigenvalue weighted by molar-refractivity contribution is 9.08. The highest BCUT2D eigenvalue weighted by Crippen LogP contribution is 2.31. The van der Waals surface area contributed by atoms with Gasteiger partial charge in [0.25, 0.3) is 5.75 Å². The Bertz CT molecular complexity index is 337. The minimum absolute atomic E-state index is 0.125. The van der Waals surface area contributed by atoms with E-state index in [9.17, 15) is 0 Å². The molecule has 0 amide bonds. The molecule has 0 heterocycles. The third-order valence-corrected chi connectivity index (χ3v) is 3.13. The Morgan fingerprint density at radius 3 is 2.29 bits per heavy atom. The molecule has 0 saturated heterocycles. The van der Waals surface area contributed by atoms with Crippen LogP contribution >= 0.6 is 15.9 Å². The molecule has 0 aliphatic heterocycles. The van der Waals surface area contributed by atoms with Crippen molar-refractivity contribution in [3.05, 3.63) is 28.8 Å². The first kappa shape index (κ1) is 11.6. The van der Waals surface area contributed by atoms with Gasteiger partial charge in [-0.05, 0) is 23.5 Å². The van der Waals surface area contributed by atoms with E-state index in [1.54, 1.807) is 0 Å². The second-order valence-electron chi connectivity index (χ2n) is 4.69. The average molecular weight is 258 g/mol. The van der Waals surface area contributed by atoms with Crippen molar-refractivity contribution in [3.63, 3.8) is 0 Å². The lowest BCUT2D eigenvalue weighted by Gasteiger charge is -2.20. The maximum atomic E-state index is 7.86. The van der Waals surface area contributed by atoms with Crippen molar-refractivity contribution in [1.29, 1.82) is 0 Å². The van der Waals surface area contributed by atoms with Crippen molar-refractivity contribution >= 4 is 15.9 Å². The maximum Gasteiger partial charge on any atom is 0.257 e. The predicted molar refractivity (Wildman–Crippen MR) is 65.6 cm³/mol. The van der Waals surface area contributed by atoms with E-state index in [-0.39, 0.29) is 5.41 Å². The Morgan fingerprint density at radius 1 is 1.29 bits per heavy atom. The van der Waals surface area contributed by atoms with Crippen molar-refractivity contribution in [2.75, 3.05) is 0 Å². The van der Waals surface area contributed by atoms with Crippen LogP contribution in [0.4, 0.5) is 0 Å². The summed E-state index contributed by atoms with van der Waals surface area (Å²) in [5.74, 6) is 0.645. The number of hydrogen-bond acceptors (Lipinski definition) is 0. The number of alkyl halides is 1. The molecule has 1 aromatic carbocycles. The quantitative estimate of drug-likeness (QED) is 0.542. The van der Waals surface area contributed by atoms with E-state index in [0.29, 0.717) is 5.75 Å². The predicted octanol–water partition coefficient (Wildman–Crippen LogP) is 3.63. The molecule has 14 heavy (non-hydrogen) atoms. The summed E-state index contributed by atoms with van der Waals surface area (Å²) in [5, 5.41) is 8.69. The van der Waals surface area contributed by atoms with Crippen molar-refractivity contribution < 1.29 is 5.11 Å². The summed E-state index contributed by atoms with van der Waals surface area (Å²) in [6, 6.07) is 4.17. The lowest BCUT2D eigenvalue weighted by molar-refractivity contribution is 0.466. The summed E-state index contributed by atoms with van der Waals surface area (Å²) in [6.45, 7) is 8.53. The normalized spacial score (nSPS) is 11.8. The van der Waals surface area contributed by atoms with E-state index in [2.05, 4.69) is 42.8 Å². The fraction of sp³-hybridized carbons (Fsp3) is 0.500. The van der Waals surface area contributed by atoms with Crippen LogP contribution in [0.5, 0.6) is 5.75 Å². The van der Waals surface area contributed by atoms with E-state index in [1.165, 1.54) is 11.1 Å². The summed E-state index contributed by atoms with van der Waals surface area (Å²) in [6.07, 6.45) is 0. The summed E-state index contributed by atoms with van der Waals surface area (Å²) in [7, 11) is 0. The number of benzene rings is 1. The van der Waals surface area contributed by atoms with Gasteiger partial charge >= 0.3 is 0 Å². The first-order chi connectivity index (χ1) is 6.36. The largest absolute Gasteiger partial charge is 0.593 e. The number of halogens is 1. The lowest BCUT2D eigenvalue weighted by atomic mass is 9.85. The zero-order chi connectivity index (χ0) is 10.9. The summed E-state index contributed by atoms with van der Waals surface area (Å²) in [4.78, 5) is 0. The van der Waals surface area contributed by atoms with Gasteiger partial charge in [0, 0.05) is 17.0 Å². The van der Waals surface area contributed by atoms with Crippen LogP contribution in [0.3, 0.4) is 0 Å². The van der Waals surface area contributed by atoms with Gasteiger partial charge < -0.3 is 5.11 Å². The molecule has 0 aliphatic carbocycles. The van der Waals surface area contributed by atoms with Crippen molar-refractivity contribution in [2.24, 2.45) is 0 Å². The molecule has 0 aliphatic rings. The van der Waals surface area contributed by atoms with Crippen molar-refractivity contribution in [1.82, 2.24) is 0 Å². The zero-order valence-corrected chi connectivity index (χ0v) is 10.8. The lowest BCUT2D eigenvalue weighted by Crippen LogP contribution is -2.11. The van der Waals surface area contributed by atoms with Gasteiger partial charge in [-0.3, -0.25) is 0 Å². The van der Waals surface area contributed by atoms with Crippen LogP contribution in [-0.4, -0.2) is 5.11 Å². The summed E-state index contributed by atoms with van der Waals surface area (Å²) >= 11 is 3.46. The third-order valence-electron chi connectivity index (χ3n) is 2.53. The molecule has 2 heteroatoms. The molecule has 0 saturated carbocycles.